The van der Waals surface area contributed by atoms with Crippen molar-refractivity contribution in [1.82, 2.24) is 19.9 Å². The normalized spacial score (nSPS) is 11.1. The summed E-state index contributed by atoms with van der Waals surface area (Å²) < 4.78 is 0. The molecule has 1 aromatic carbocycles. The van der Waals surface area contributed by atoms with Crippen LogP contribution in [0.3, 0.4) is 0 Å². The van der Waals surface area contributed by atoms with Crippen molar-refractivity contribution in [3.63, 3.8) is 0 Å². The Balaban J connectivity index is 2.59. The number of rotatable bonds is 0. The monoisotopic (exact) mass is 248 g/mol. The third kappa shape index (κ3) is 1.50. The minimum atomic E-state index is -0.721. The minimum Gasteiger partial charge on any atom is -0.316 e. The SMILES string of the molecule is O=c1[nH]c2ccc3nc(Cl)cnc3c2[nH]c1=O. The van der Waals surface area contributed by atoms with E-state index in [0.717, 1.165) is 0 Å². The zero-order chi connectivity index (χ0) is 12.0. The number of aromatic nitrogens is 4. The molecule has 0 aliphatic carbocycles. The molecule has 2 N–H and O–H groups in total. The molecule has 0 fully saturated rings. The highest BCUT2D eigenvalue weighted by molar-refractivity contribution is 6.29. The Bertz CT molecular complexity index is 852. The molecule has 0 atom stereocenters. The van der Waals surface area contributed by atoms with E-state index in [9.17, 15) is 9.59 Å². The van der Waals surface area contributed by atoms with Gasteiger partial charge in [-0.3, -0.25) is 9.59 Å². The van der Waals surface area contributed by atoms with Gasteiger partial charge in [0.1, 0.15) is 10.7 Å². The van der Waals surface area contributed by atoms with Crippen LogP contribution in [0, 0.1) is 0 Å². The smallest absolute Gasteiger partial charge is 0.314 e. The van der Waals surface area contributed by atoms with Gasteiger partial charge < -0.3 is 9.97 Å². The quantitative estimate of drug-likeness (QED) is 0.455. The first kappa shape index (κ1) is 9.98. The standard InChI is InChI=1S/C10H5ClN4O2/c11-6-3-12-7-4(13-6)1-2-5-8(7)15-10(17)9(16)14-5/h1-3H,(H,14,16)(H,15,17). The topological polar surface area (TPSA) is 91.5 Å². The first-order valence-corrected chi connectivity index (χ1v) is 5.10. The minimum absolute atomic E-state index is 0.267. The van der Waals surface area contributed by atoms with E-state index < -0.39 is 11.1 Å². The highest BCUT2D eigenvalue weighted by Crippen LogP contribution is 2.18. The van der Waals surface area contributed by atoms with Crippen LogP contribution >= 0.6 is 11.6 Å². The van der Waals surface area contributed by atoms with Gasteiger partial charge in [-0.05, 0) is 12.1 Å². The summed E-state index contributed by atoms with van der Waals surface area (Å²) in [5, 5.41) is 0.267. The fourth-order valence-corrected chi connectivity index (χ4v) is 1.78. The van der Waals surface area contributed by atoms with Crippen LogP contribution in [-0.2, 0) is 0 Å². The molecule has 7 heteroatoms. The number of fused-ring (bicyclic) bond motifs is 3. The second-order valence-corrected chi connectivity index (χ2v) is 3.84. The maximum Gasteiger partial charge on any atom is 0.314 e. The van der Waals surface area contributed by atoms with Crippen LogP contribution in [0.4, 0.5) is 0 Å². The number of nitrogens with zero attached hydrogens (tertiary/aromatic N) is 2. The van der Waals surface area contributed by atoms with E-state index in [4.69, 9.17) is 11.6 Å². The van der Waals surface area contributed by atoms with E-state index in [-0.39, 0.29) is 5.15 Å². The summed E-state index contributed by atoms with van der Waals surface area (Å²) in [6, 6.07) is 3.31. The lowest BCUT2D eigenvalue weighted by Gasteiger charge is -2.01. The van der Waals surface area contributed by atoms with Gasteiger partial charge in [-0.1, -0.05) is 11.6 Å². The molecular weight excluding hydrogens is 244 g/mol. The van der Waals surface area contributed by atoms with Gasteiger partial charge in [0.05, 0.1) is 22.7 Å². The predicted molar refractivity (Wildman–Crippen MR) is 63.3 cm³/mol. The number of halogens is 1. The average Bonchev–Trinajstić information content (AvgIpc) is 2.30. The van der Waals surface area contributed by atoms with Crippen molar-refractivity contribution in [2.24, 2.45) is 0 Å². The van der Waals surface area contributed by atoms with Crippen molar-refractivity contribution in [2.45, 2.75) is 0 Å². The van der Waals surface area contributed by atoms with Crippen molar-refractivity contribution in [3.8, 4) is 0 Å². The fraction of sp³-hybridized carbons (Fsp3) is 0. The van der Waals surface area contributed by atoms with Gasteiger partial charge in [0, 0.05) is 0 Å². The molecule has 0 aliphatic heterocycles. The van der Waals surface area contributed by atoms with E-state index in [0.29, 0.717) is 22.1 Å². The molecule has 0 amide bonds. The Labute approximate surface area is 98.3 Å². The summed E-state index contributed by atoms with van der Waals surface area (Å²) in [7, 11) is 0. The Morgan fingerprint density at radius 1 is 1.12 bits per heavy atom. The Morgan fingerprint density at radius 3 is 2.71 bits per heavy atom. The van der Waals surface area contributed by atoms with Crippen LogP contribution in [0.5, 0.6) is 0 Å². The summed E-state index contributed by atoms with van der Waals surface area (Å²) >= 11 is 5.72. The van der Waals surface area contributed by atoms with Gasteiger partial charge in [0.25, 0.3) is 0 Å². The van der Waals surface area contributed by atoms with Crippen molar-refractivity contribution < 1.29 is 0 Å². The second-order valence-electron chi connectivity index (χ2n) is 3.46. The molecule has 0 spiro atoms. The third-order valence-corrected chi connectivity index (χ3v) is 2.56. The lowest BCUT2D eigenvalue weighted by atomic mass is 10.2. The fourth-order valence-electron chi connectivity index (χ4n) is 1.64. The van der Waals surface area contributed by atoms with Gasteiger partial charge in [0.2, 0.25) is 0 Å². The molecule has 0 aliphatic rings. The van der Waals surface area contributed by atoms with Crippen LogP contribution in [-0.4, -0.2) is 19.9 Å². The molecule has 0 bridgehead atoms. The molecule has 2 heterocycles. The van der Waals surface area contributed by atoms with Crippen LogP contribution in [0.25, 0.3) is 22.1 Å². The highest BCUT2D eigenvalue weighted by atomic mass is 35.5. The molecule has 84 valence electrons. The molecule has 2 aromatic heterocycles. The number of hydrogen-bond donors (Lipinski definition) is 2. The van der Waals surface area contributed by atoms with Crippen LogP contribution in [0.2, 0.25) is 5.15 Å². The first-order valence-electron chi connectivity index (χ1n) is 4.73. The van der Waals surface area contributed by atoms with Gasteiger partial charge in [-0.15, -0.1) is 0 Å². The molecule has 17 heavy (non-hydrogen) atoms. The van der Waals surface area contributed by atoms with Crippen molar-refractivity contribution >= 4 is 33.7 Å². The Morgan fingerprint density at radius 2 is 1.88 bits per heavy atom. The largest absolute Gasteiger partial charge is 0.316 e. The van der Waals surface area contributed by atoms with E-state index >= 15 is 0 Å². The number of H-pyrrole nitrogens is 2. The Hall–Kier alpha value is -2.21. The molecule has 6 nitrogen and oxygen atoms in total. The molecule has 0 radical (unpaired) electrons. The summed E-state index contributed by atoms with van der Waals surface area (Å²) in [5.74, 6) is 0. The zero-order valence-corrected chi connectivity index (χ0v) is 9.08. The molecule has 3 aromatic rings. The maximum absolute atomic E-state index is 11.3. The number of hydrogen-bond acceptors (Lipinski definition) is 4. The average molecular weight is 249 g/mol. The summed E-state index contributed by atoms with van der Waals surface area (Å²) in [5.41, 5.74) is 0.559. The molecule has 0 unspecified atom stereocenters. The molecular formula is C10H5ClN4O2. The van der Waals surface area contributed by atoms with Gasteiger partial charge in [-0.25, -0.2) is 9.97 Å². The number of aromatic amines is 2. The summed E-state index contributed by atoms with van der Waals surface area (Å²) in [6.07, 6.45) is 1.38. The molecule has 0 saturated carbocycles. The number of nitrogens with one attached hydrogen (secondary N) is 2. The van der Waals surface area contributed by atoms with Crippen LogP contribution in [0.1, 0.15) is 0 Å². The lowest BCUT2D eigenvalue weighted by Crippen LogP contribution is -2.29. The third-order valence-electron chi connectivity index (χ3n) is 2.38. The summed E-state index contributed by atoms with van der Waals surface area (Å²) in [4.78, 5) is 35.5. The second kappa shape index (κ2) is 3.39. The van der Waals surface area contributed by atoms with E-state index in [2.05, 4.69) is 19.9 Å². The van der Waals surface area contributed by atoms with E-state index in [1.807, 2.05) is 0 Å². The lowest BCUT2D eigenvalue weighted by molar-refractivity contribution is 1.14. The van der Waals surface area contributed by atoms with Crippen LogP contribution in [0.15, 0.2) is 27.9 Å². The summed E-state index contributed by atoms with van der Waals surface area (Å²) in [6.45, 7) is 0. The van der Waals surface area contributed by atoms with Gasteiger partial charge in [0.15, 0.2) is 0 Å². The molecule has 3 rings (SSSR count). The Kier molecular flexibility index (Phi) is 1.99. The zero-order valence-electron chi connectivity index (χ0n) is 8.32. The number of benzene rings is 1. The van der Waals surface area contributed by atoms with Gasteiger partial charge in [-0.2, -0.15) is 0 Å². The predicted octanol–water partition coefficient (Wildman–Crippen LogP) is 0.813. The first-order chi connectivity index (χ1) is 8.15. The van der Waals surface area contributed by atoms with Crippen LogP contribution < -0.4 is 11.1 Å². The van der Waals surface area contributed by atoms with Gasteiger partial charge >= 0.3 is 11.1 Å². The molecule has 0 saturated heterocycles. The van der Waals surface area contributed by atoms with Crippen molar-refractivity contribution in [2.75, 3.05) is 0 Å². The highest BCUT2D eigenvalue weighted by Gasteiger charge is 2.06. The van der Waals surface area contributed by atoms with E-state index in [1.165, 1.54) is 6.20 Å². The maximum atomic E-state index is 11.3. The van der Waals surface area contributed by atoms with E-state index in [1.54, 1.807) is 12.1 Å². The van der Waals surface area contributed by atoms with Crippen molar-refractivity contribution in [1.29, 1.82) is 0 Å². The van der Waals surface area contributed by atoms with Crippen molar-refractivity contribution in [3.05, 3.63) is 44.2 Å².